The van der Waals surface area contributed by atoms with Crippen LogP contribution in [0.5, 0.6) is 0 Å². The number of hydrogen-bond acceptors (Lipinski definition) is 3. The Kier molecular flexibility index (Phi) is 4.37. The fourth-order valence-electron chi connectivity index (χ4n) is 2.59. The molecule has 1 atom stereocenters. The molecule has 1 amide bonds. The highest BCUT2D eigenvalue weighted by Gasteiger charge is 2.24. The summed E-state index contributed by atoms with van der Waals surface area (Å²) in [6.45, 7) is 3.47. The van der Waals surface area contributed by atoms with Gasteiger partial charge in [0.25, 0.3) is 0 Å². The largest absolute Gasteiger partial charge is 0.397 e. The first kappa shape index (κ1) is 13.8. The molecule has 0 saturated carbocycles. The quantitative estimate of drug-likeness (QED) is 0.821. The highest BCUT2D eigenvalue weighted by Crippen LogP contribution is 2.21. The Morgan fingerprint density at radius 3 is 3.05 bits per heavy atom. The van der Waals surface area contributed by atoms with Gasteiger partial charge < -0.3 is 11.1 Å². The summed E-state index contributed by atoms with van der Waals surface area (Å²) in [6.07, 6.45) is 3.36. The van der Waals surface area contributed by atoms with E-state index in [9.17, 15) is 9.18 Å². The number of hydrogen-bond donors (Lipinski definition) is 2. The van der Waals surface area contributed by atoms with Crippen molar-refractivity contribution in [2.24, 2.45) is 0 Å². The molecular formula is C14H20FN3O. The average Bonchev–Trinajstić information content (AvgIpc) is 2.80. The lowest BCUT2D eigenvalue weighted by molar-refractivity contribution is -0.117. The molecule has 1 aromatic rings. The van der Waals surface area contributed by atoms with Gasteiger partial charge in [0.05, 0.1) is 17.9 Å². The summed E-state index contributed by atoms with van der Waals surface area (Å²) < 4.78 is 12.9. The standard InChI is InChI=1S/C14H20FN3O/c1-2-11-4-3-7-18(11)9-14(19)17-13-6-5-10(15)8-12(13)16/h5-6,8,11H,2-4,7,9,16H2,1H3,(H,17,19). The molecule has 3 N–H and O–H groups in total. The number of nitrogens with zero attached hydrogens (tertiary/aromatic N) is 1. The molecule has 1 saturated heterocycles. The molecule has 0 bridgehead atoms. The predicted molar refractivity (Wildman–Crippen MR) is 74.3 cm³/mol. The molecule has 4 nitrogen and oxygen atoms in total. The topological polar surface area (TPSA) is 58.4 Å². The van der Waals surface area contributed by atoms with Crippen LogP contribution < -0.4 is 11.1 Å². The van der Waals surface area contributed by atoms with Crippen molar-refractivity contribution in [2.75, 3.05) is 24.1 Å². The minimum Gasteiger partial charge on any atom is -0.397 e. The molecule has 1 fully saturated rings. The van der Waals surface area contributed by atoms with Gasteiger partial charge in [0.2, 0.25) is 5.91 Å². The number of amides is 1. The lowest BCUT2D eigenvalue weighted by atomic mass is 10.2. The number of likely N-dealkylation sites (tertiary alicyclic amines) is 1. The van der Waals surface area contributed by atoms with E-state index >= 15 is 0 Å². The van der Waals surface area contributed by atoms with Crippen LogP contribution in [0, 0.1) is 5.82 Å². The molecule has 0 spiro atoms. The highest BCUT2D eigenvalue weighted by atomic mass is 19.1. The minimum absolute atomic E-state index is 0.0985. The summed E-state index contributed by atoms with van der Waals surface area (Å²) in [5.41, 5.74) is 6.39. The molecule has 104 valence electrons. The number of anilines is 2. The number of rotatable bonds is 4. The van der Waals surface area contributed by atoms with Crippen molar-refractivity contribution in [1.29, 1.82) is 0 Å². The molecule has 1 unspecified atom stereocenters. The third-order valence-electron chi connectivity index (χ3n) is 3.60. The molecule has 1 aliphatic heterocycles. The van der Waals surface area contributed by atoms with Crippen molar-refractivity contribution in [3.8, 4) is 0 Å². The number of nitrogens with two attached hydrogens (primary N) is 1. The van der Waals surface area contributed by atoms with E-state index in [-0.39, 0.29) is 11.6 Å². The summed E-state index contributed by atoms with van der Waals surface area (Å²) in [6, 6.07) is 4.48. The van der Waals surface area contributed by atoms with E-state index in [2.05, 4.69) is 17.1 Å². The van der Waals surface area contributed by atoms with Gasteiger partial charge in [-0.3, -0.25) is 9.69 Å². The molecule has 1 aromatic carbocycles. The van der Waals surface area contributed by atoms with E-state index in [0.29, 0.717) is 18.3 Å². The fraction of sp³-hybridized carbons (Fsp3) is 0.500. The Bertz CT molecular complexity index is 464. The minimum atomic E-state index is -0.402. The number of nitrogen functional groups attached to an aromatic ring is 1. The van der Waals surface area contributed by atoms with E-state index in [1.807, 2.05) is 0 Å². The van der Waals surface area contributed by atoms with Crippen LogP contribution in [-0.2, 0) is 4.79 Å². The van der Waals surface area contributed by atoms with Crippen molar-refractivity contribution < 1.29 is 9.18 Å². The van der Waals surface area contributed by atoms with Crippen LogP contribution in [0.25, 0.3) is 0 Å². The molecule has 0 aromatic heterocycles. The molecule has 1 aliphatic rings. The van der Waals surface area contributed by atoms with Gasteiger partial charge in [0, 0.05) is 6.04 Å². The third kappa shape index (κ3) is 3.44. The Labute approximate surface area is 112 Å². The first-order valence-corrected chi connectivity index (χ1v) is 6.69. The van der Waals surface area contributed by atoms with Crippen molar-refractivity contribution in [3.63, 3.8) is 0 Å². The summed E-state index contributed by atoms with van der Waals surface area (Å²) >= 11 is 0. The zero-order valence-corrected chi connectivity index (χ0v) is 11.2. The average molecular weight is 265 g/mol. The maximum Gasteiger partial charge on any atom is 0.238 e. The van der Waals surface area contributed by atoms with E-state index in [1.165, 1.54) is 18.2 Å². The zero-order valence-electron chi connectivity index (χ0n) is 11.2. The van der Waals surface area contributed by atoms with Crippen LogP contribution in [0.1, 0.15) is 26.2 Å². The second kappa shape index (κ2) is 6.02. The van der Waals surface area contributed by atoms with E-state index < -0.39 is 5.82 Å². The van der Waals surface area contributed by atoms with Crippen molar-refractivity contribution in [3.05, 3.63) is 24.0 Å². The van der Waals surface area contributed by atoms with Gasteiger partial charge in [-0.1, -0.05) is 6.92 Å². The lowest BCUT2D eigenvalue weighted by Gasteiger charge is -2.22. The van der Waals surface area contributed by atoms with E-state index in [1.54, 1.807) is 0 Å². The van der Waals surface area contributed by atoms with Crippen LogP contribution in [0.2, 0.25) is 0 Å². The first-order valence-electron chi connectivity index (χ1n) is 6.69. The maximum atomic E-state index is 12.9. The zero-order chi connectivity index (χ0) is 13.8. The van der Waals surface area contributed by atoms with Gasteiger partial charge in [0.15, 0.2) is 0 Å². The predicted octanol–water partition coefficient (Wildman–Crippen LogP) is 2.22. The summed E-state index contributed by atoms with van der Waals surface area (Å²) in [7, 11) is 0. The molecule has 0 radical (unpaired) electrons. The van der Waals surface area contributed by atoms with Gasteiger partial charge in [0.1, 0.15) is 5.82 Å². The number of carbonyl (C=O) groups is 1. The summed E-state index contributed by atoms with van der Waals surface area (Å²) in [4.78, 5) is 14.2. The molecule has 5 heteroatoms. The second-order valence-electron chi connectivity index (χ2n) is 4.95. The molecular weight excluding hydrogens is 245 g/mol. The second-order valence-corrected chi connectivity index (χ2v) is 4.95. The van der Waals surface area contributed by atoms with E-state index in [4.69, 9.17) is 5.73 Å². The fourth-order valence-corrected chi connectivity index (χ4v) is 2.59. The van der Waals surface area contributed by atoms with Crippen LogP contribution in [0.15, 0.2) is 18.2 Å². The Balaban J connectivity index is 1.94. The number of halogens is 1. The van der Waals surface area contributed by atoms with Crippen molar-refractivity contribution >= 4 is 17.3 Å². The SMILES string of the molecule is CCC1CCCN1CC(=O)Nc1ccc(F)cc1N. The first-order chi connectivity index (χ1) is 9.10. The smallest absolute Gasteiger partial charge is 0.238 e. The summed E-state index contributed by atoms with van der Waals surface area (Å²) in [5.74, 6) is -0.500. The maximum absolute atomic E-state index is 12.9. The molecule has 2 rings (SSSR count). The monoisotopic (exact) mass is 265 g/mol. The van der Waals surface area contributed by atoms with Gasteiger partial charge in [-0.25, -0.2) is 4.39 Å². The number of nitrogens with one attached hydrogen (secondary N) is 1. The lowest BCUT2D eigenvalue weighted by Crippen LogP contribution is -2.36. The van der Waals surface area contributed by atoms with E-state index in [0.717, 1.165) is 25.8 Å². The van der Waals surface area contributed by atoms with Crippen LogP contribution >= 0.6 is 0 Å². The van der Waals surface area contributed by atoms with Gasteiger partial charge in [-0.05, 0) is 44.0 Å². The van der Waals surface area contributed by atoms with Gasteiger partial charge >= 0.3 is 0 Å². The molecule has 1 heterocycles. The molecule has 19 heavy (non-hydrogen) atoms. The van der Waals surface area contributed by atoms with Crippen LogP contribution in [-0.4, -0.2) is 29.9 Å². The van der Waals surface area contributed by atoms with Gasteiger partial charge in [-0.2, -0.15) is 0 Å². The number of carbonyl (C=O) groups excluding carboxylic acids is 1. The number of benzene rings is 1. The Hall–Kier alpha value is -1.62. The third-order valence-corrected chi connectivity index (χ3v) is 3.60. The van der Waals surface area contributed by atoms with Crippen molar-refractivity contribution in [2.45, 2.75) is 32.2 Å². The van der Waals surface area contributed by atoms with Crippen molar-refractivity contribution in [1.82, 2.24) is 4.90 Å². The Morgan fingerprint density at radius 1 is 1.58 bits per heavy atom. The van der Waals surface area contributed by atoms with Crippen LogP contribution in [0.4, 0.5) is 15.8 Å². The highest BCUT2D eigenvalue weighted by molar-refractivity contribution is 5.95. The Morgan fingerprint density at radius 2 is 2.37 bits per heavy atom. The van der Waals surface area contributed by atoms with Gasteiger partial charge in [-0.15, -0.1) is 0 Å². The molecule has 0 aliphatic carbocycles. The van der Waals surface area contributed by atoms with Crippen LogP contribution in [0.3, 0.4) is 0 Å². The normalized spacial score (nSPS) is 19.6. The summed E-state index contributed by atoms with van der Waals surface area (Å²) in [5, 5.41) is 2.74.